The molecule has 10 heteroatoms. The molecule has 0 spiro atoms. The molecule has 0 fully saturated rings. The standard InChI is InChI=1S/2C51H33N5/c1-4-16-34(17-5-1)49-52-50(35-18-6-2-7-19-35)54-51(53-49)37-21-14-20-36(32-37)40-26-15-29-46-48(40)43-25-11-13-28-45(43)56(46)39-30-31-42-41-24-10-12-27-44(41)55(47(42)33-39)38-22-8-3-9-23-38;1-4-14-34(15-5-1)35-24-26-37(27-25-35)50-52-49(36-16-6-2-7-17-36)53-51(54-50)38-28-30-43-41-20-11-13-23-46(41)56(47(43)32-38)40-29-31-44-42-21-10-12-22-45(42)55(48(44)33-40)39-18-8-3-9-19-39/h2*1-33H. The summed E-state index contributed by atoms with van der Waals surface area (Å²) in [6.45, 7) is 0. The summed E-state index contributed by atoms with van der Waals surface area (Å²) in [5, 5.41) is 9.69. The van der Waals surface area contributed by atoms with Crippen LogP contribution in [0.1, 0.15) is 0 Å². The van der Waals surface area contributed by atoms with E-state index in [9.17, 15) is 0 Å². The van der Waals surface area contributed by atoms with Crippen LogP contribution in [0.15, 0.2) is 400 Å². The van der Waals surface area contributed by atoms with Crippen molar-refractivity contribution < 1.29 is 0 Å². The molecule has 6 aromatic heterocycles. The predicted molar refractivity (Wildman–Crippen MR) is 460 cm³/mol. The van der Waals surface area contributed by atoms with Crippen LogP contribution >= 0.6 is 0 Å². The highest BCUT2D eigenvalue weighted by molar-refractivity contribution is 6.17. The lowest BCUT2D eigenvalue weighted by Crippen LogP contribution is -2.00. The summed E-state index contributed by atoms with van der Waals surface area (Å²) < 4.78 is 9.54. The SMILES string of the molecule is c1ccc(-c2ccc(-c3nc(-c4ccccc4)nc(-c4ccc5c6ccccc6n(-c6ccc7c8ccccc8n(-c8ccccc8)c7c6)c5c4)n3)cc2)cc1.c1ccc(-c2nc(-c3ccccc3)nc(-c3cccc(-c4cccc5c4c4ccccc4n5-c4ccc5c6ccccc6n(-c6ccccc6)c5c4)c3)n2)cc1. The van der Waals surface area contributed by atoms with Gasteiger partial charge in [0, 0.05) is 99.2 Å². The van der Waals surface area contributed by atoms with Gasteiger partial charge in [0.1, 0.15) is 0 Å². The Morgan fingerprint density at radius 2 is 0.411 bits per heavy atom. The lowest BCUT2D eigenvalue weighted by molar-refractivity contribution is 1.07. The van der Waals surface area contributed by atoms with Gasteiger partial charge in [0.15, 0.2) is 34.9 Å². The van der Waals surface area contributed by atoms with E-state index >= 15 is 0 Å². The highest BCUT2D eigenvalue weighted by Gasteiger charge is 2.23. The lowest BCUT2D eigenvalue weighted by atomic mass is 9.97. The largest absolute Gasteiger partial charge is 0.309 e. The Morgan fingerprint density at radius 3 is 0.866 bits per heavy atom. The van der Waals surface area contributed by atoms with Gasteiger partial charge in [0.05, 0.1) is 44.1 Å². The minimum Gasteiger partial charge on any atom is -0.309 e. The molecule has 0 aliphatic carbocycles. The average Bonchev–Trinajstić information content (AvgIpc) is 1.57. The molecule has 0 atom stereocenters. The Hall–Kier alpha value is -15.3. The second-order valence-electron chi connectivity index (χ2n) is 28.2. The van der Waals surface area contributed by atoms with E-state index in [-0.39, 0.29) is 0 Å². The van der Waals surface area contributed by atoms with Crippen LogP contribution < -0.4 is 0 Å². The maximum absolute atomic E-state index is 5.14. The minimum absolute atomic E-state index is 0.624. The molecule has 6 heterocycles. The van der Waals surface area contributed by atoms with Crippen LogP contribution in [0, 0.1) is 0 Å². The van der Waals surface area contributed by atoms with Crippen molar-refractivity contribution in [2.45, 2.75) is 0 Å². The van der Waals surface area contributed by atoms with Crippen LogP contribution in [0.3, 0.4) is 0 Å². The number of rotatable bonds is 12. The molecule has 0 saturated heterocycles. The molecule has 0 amide bonds. The van der Waals surface area contributed by atoms with Crippen molar-refractivity contribution in [3.8, 4) is 113 Å². The maximum Gasteiger partial charge on any atom is 0.164 e. The fraction of sp³-hybridized carbons (Fsp3) is 0. The first-order valence-corrected chi connectivity index (χ1v) is 37.7. The fourth-order valence-electron chi connectivity index (χ4n) is 16.4. The van der Waals surface area contributed by atoms with Gasteiger partial charge in [0.2, 0.25) is 0 Å². The molecule has 22 rings (SSSR count). The van der Waals surface area contributed by atoms with E-state index in [1.807, 2.05) is 97.1 Å². The van der Waals surface area contributed by atoms with E-state index in [1.165, 1.54) is 65.2 Å². The number of hydrogen-bond acceptors (Lipinski definition) is 6. The van der Waals surface area contributed by atoms with Crippen molar-refractivity contribution >= 4 is 87.2 Å². The Balaban J connectivity index is 0.000000141. The molecule has 0 unspecified atom stereocenters. The first-order valence-electron chi connectivity index (χ1n) is 37.7. The highest BCUT2D eigenvalue weighted by Crippen LogP contribution is 2.44. The summed E-state index contributed by atoms with van der Waals surface area (Å²) in [6, 6.07) is 141. The van der Waals surface area contributed by atoms with Crippen molar-refractivity contribution in [3.63, 3.8) is 0 Å². The summed E-state index contributed by atoms with van der Waals surface area (Å²) in [5.74, 6) is 3.82. The summed E-state index contributed by atoms with van der Waals surface area (Å²) in [7, 11) is 0. The van der Waals surface area contributed by atoms with Crippen LogP contribution in [0.2, 0.25) is 0 Å². The summed E-state index contributed by atoms with van der Waals surface area (Å²) in [4.78, 5) is 30.2. The van der Waals surface area contributed by atoms with E-state index in [0.717, 1.165) is 100 Å². The van der Waals surface area contributed by atoms with E-state index < -0.39 is 0 Å². The summed E-state index contributed by atoms with van der Waals surface area (Å²) in [6.07, 6.45) is 0. The molecule has 524 valence electrons. The zero-order valence-corrected chi connectivity index (χ0v) is 60.6. The predicted octanol–water partition coefficient (Wildman–Crippen LogP) is 25.5. The van der Waals surface area contributed by atoms with Crippen molar-refractivity contribution in [1.29, 1.82) is 0 Å². The molecule has 0 saturated carbocycles. The Bertz CT molecular complexity index is 7280. The smallest absolute Gasteiger partial charge is 0.164 e. The number of para-hydroxylation sites is 6. The van der Waals surface area contributed by atoms with Gasteiger partial charge < -0.3 is 18.3 Å². The van der Waals surface area contributed by atoms with Crippen LogP contribution in [0.25, 0.3) is 201 Å². The number of fused-ring (bicyclic) bond motifs is 12. The normalized spacial score (nSPS) is 11.6. The molecular formula is C102H66N10. The van der Waals surface area contributed by atoms with Crippen LogP contribution in [-0.4, -0.2) is 48.2 Å². The third-order valence-corrected chi connectivity index (χ3v) is 21.5. The summed E-state index contributed by atoms with van der Waals surface area (Å²) >= 11 is 0. The lowest BCUT2D eigenvalue weighted by Gasteiger charge is -2.12. The number of nitrogens with zero attached hydrogens (tertiary/aromatic N) is 10. The molecule has 0 aliphatic heterocycles. The fourth-order valence-corrected chi connectivity index (χ4v) is 16.4. The third-order valence-electron chi connectivity index (χ3n) is 21.5. The zero-order valence-electron chi connectivity index (χ0n) is 60.6. The van der Waals surface area contributed by atoms with Crippen molar-refractivity contribution in [1.82, 2.24) is 48.2 Å². The van der Waals surface area contributed by atoms with Gasteiger partial charge in [-0.2, -0.15) is 0 Å². The van der Waals surface area contributed by atoms with Crippen molar-refractivity contribution in [3.05, 3.63) is 400 Å². The molecular weight excluding hydrogens is 1370 g/mol. The van der Waals surface area contributed by atoms with Crippen LogP contribution in [-0.2, 0) is 0 Å². The van der Waals surface area contributed by atoms with E-state index in [1.54, 1.807) is 0 Å². The van der Waals surface area contributed by atoms with Gasteiger partial charge in [-0.25, -0.2) is 29.9 Å². The number of benzene rings is 16. The van der Waals surface area contributed by atoms with E-state index in [2.05, 4.69) is 322 Å². The Labute approximate surface area is 645 Å². The number of hydrogen-bond donors (Lipinski definition) is 0. The maximum atomic E-state index is 5.14. The Morgan fingerprint density at radius 1 is 0.143 bits per heavy atom. The quantitative estimate of drug-likeness (QED) is 0.121. The molecule has 22 aromatic rings. The second kappa shape index (κ2) is 27.5. The monoisotopic (exact) mass is 1430 g/mol. The molecule has 0 aliphatic rings. The first-order chi connectivity index (χ1) is 55.5. The average molecular weight is 1430 g/mol. The van der Waals surface area contributed by atoms with Crippen molar-refractivity contribution in [2.75, 3.05) is 0 Å². The minimum atomic E-state index is 0.624. The molecule has 0 bridgehead atoms. The molecule has 112 heavy (non-hydrogen) atoms. The van der Waals surface area contributed by atoms with E-state index in [0.29, 0.717) is 34.9 Å². The summed E-state index contributed by atoms with van der Waals surface area (Å²) in [5.41, 5.74) is 23.9. The Kier molecular flexibility index (Phi) is 16.0. The van der Waals surface area contributed by atoms with Gasteiger partial charge in [-0.15, -0.1) is 0 Å². The topological polar surface area (TPSA) is 97.1 Å². The van der Waals surface area contributed by atoms with Crippen LogP contribution in [0.5, 0.6) is 0 Å². The number of aromatic nitrogens is 10. The second-order valence-corrected chi connectivity index (χ2v) is 28.2. The third kappa shape index (κ3) is 11.4. The van der Waals surface area contributed by atoms with Gasteiger partial charge >= 0.3 is 0 Å². The van der Waals surface area contributed by atoms with Crippen LogP contribution in [0.4, 0.5) is 0 Å². The molecule has 10 nitrogen and oxygen atoms in total. The molecule has 0 N–H and O–H groups in total. The van der Waals surface area contributed by atoms with Gasteiger partial charge in [0.25, 0.3) is 0 Å². The van der Waals surface area contributed by atoms with E-state index in [4.69, 9.17) is 29.9 Å². The molecule has 16 aromatic carbocycles. The zero-order chi connectivity index (χ0) is 74.0. The van der Waals surface area contributed by atoms with Crippen molar-refractivity contribution in [2.24, 2.45) is 0 Å². The van der Waals surface area contributed by atoms with Gasteiger partial charge in [-0.3, -0.25) is 0 Å². The van der Waals surface area contributed by atoms with Gasteiger partial charge in [-0.05, 0) is 113 Å². The molecule has 0 radical (unpaired) electrons. The first kappa shape index (κ1) is 65.1. The van der Waals surface area contributed by atoms with Gasteiger partial charge in [-0.1, -0.05) is 309 Å². The highest BCUT2D eigenvalue weighted by atomic mass is 15.1.